The number of amides is 1. The van der Waals surface area contributed by atoms with E-state index in [4.69, 9.17) is 0 Å². The summed E-state index contributed by atoms with van der Waals surface area (Å²) in [6, 6.07) is 23.4. The maximum Gasteiger partial charge on any atom is 0.255 e. The van der Waals surface area contributed by atoms with Crippen LogP contribution in [0.15, 0.2) is 78.3 Å². The topological polar surface area (TPSA) is 42.0 Å². The summed E-state index contributed by atoms with van der Waals surface area (Å²) in [5.74, 6) is -0.117. The van der Waals surface area contributed by atoms with Crippen molar-refractivity contribution in [2.45, 2.75) is 0 Å². The van der Waals surface area contributed by atoms with Gasteiger partial charge in [0, 0.05) is 16.8 Å². The summed E-state index contributed by atoms with van der Waals surface area (Å²) < 4.78 is 1.01. The molecule has 0 aliphatic carbocycles. The molecule has 4 aromatic rings. The number of hydrogen-bond donors (Lipinski definition) is 1. The zero-order valence-corrected chi connectivity index (χ0v) is 13.6. The number of para-hydroxylation sites is 1. The summed E-state index contributed by atoms with van der Waals surface area (Å²) in [6.07, 6.45) is 0. The van der Waals surface area contributed by atoms with Gasteiger partial charge in [-0.05, 0) is 29.8 Å². The fourth-order valence-corrected chi connectivity index (χ4v) is 3.37. The van der Waals surface area contributed by atoms with Crippen LogP contribution in [0.5, 0.6) is 0 Å². The van der Waals surface area contributed by atoms with Crippen LogP contribution >= 0.6 is 11.3 Å². The molecule has 4 rings (SSSR count). The lowest BCUT2D eigenvalue weighted by Gasteiger charge is -2.11. The first kappa shape index (κ1) is 14.6. The molecule has 0 fully saturated rings. The van der Waals surface area contributed by atoms with Crippen LogP contribution in [0, 0.1) is 0 Å². The average Bonchev–Trinajstić information content (AvgIpc) is 3.10. The second-order valence-corrected chi connectivity index (χ2v) is 6.29. The van der Waals surface area contributed by atoms with Crippen LogP contribution in [0.2, 0.25) is 0 Å². The van der Waals surface area contributed by atoms with Gasteiger partial charge in [-0.2, -0.15) is 0 Å². The predicted molar refractivity (Wildman–Crippen MR) is 99.5 cm³/mol. The van der Waals surface area contributed by atoms with Crippen LogP contribution in [0.25, 0.3) is 21.3 Å². The Bertz CT molecular complexity index is 1010. The minimum Gasteiger partial charge on any atom is -0.321 e. The van der Waals surface area contributed by atoms with Crippen molar-refractivity contribution in [1.82, 2.24) is 4.98 Å². The van der Waals surface area contributed by atoms with Gasteiger partial charge in [-0.25, -0.2) is 4.98 Å². The fourth-order valence-electron chi connectivity index (χ4n) is 2.65. The van der Waals surface area contributed by atoms with E-state index in [0.29, 0.717) is 5.56 Å². The first-order valence-corrected chi connectivity index (χ1v) is 8.48. The Morgan fingerprint density at radius 1 is 0.917 bits per heavy atom. The number of carbonyl (C=O) groups is 1. The maximum absolute atomic E-state index is 12.6. The van der Waals surface area contributed by atoms with Crippen LogP contribution in [0.1, 0.15) is 10.4 Å². The summed E-state index contributed by atoms with van der Waals surface area (Å²) in [4.78, 5) is 16.9. The standard InChI is InChI=1S/C20H14N2OS/c23-20(15-10-11-18-19(12-15)24-13-21-18)22-17-9-5-4-8-16(17)14-6-2-1-3-7-14/h1-13H,(H,22,23). The van der Waals surface area contributed by atoms with Crippen molar-refractivity contribution in [2.24, 2.45) is 0 Å². The molecule has 0 aliphatic heterocycles. The van der Waals surface area contributed by atoms with E-state index < -0.39 is 0 Å². The molecule has 0 aliphatic rings. The van der Waals surface area contributed by atoms with Crippen molar-refractivity contribution in [3.8, 4) is 11.1 Å². The molecule has 24 heavy (non-hydrogen) atoms. The van der Waals surface area contributed by atoms with Crippen molar-refractivity contribution >= 4 is 33.1 Å². The zero-order valence-electron chi connectivity index (χ0n) is 12.8. The third kappa shape index (κ3) is 2.79. The molecule has 3 aromatic carbocycles. The van der Waals surface area contributed by atoms with Crippen molar-refractivity contribution in [3.63, 3.8) is 0 Å². The lowest BCUT2D eigenvalue weighted by molar-refractivity contribution is 0.102. The normalized spacial score (nSPS) is 10.7. The van der Waals surface area contributed by atoms with Gasteiger partial charge in [0.25, 0.3) is 5.91 Å². The SMILES string of the molecule is O=C(Nc1ccccc1-c1ccccc1)c1ccc2ncsc2c1. The molecule has 0 bridgehead atoms. The number of anilines is 1. The van der Waals surface area contributed by atoms with Gasteiger partial charge < -0.3 is 5.32 Å². The number of carbonyl (C=O) groups excluding carboxylic acids is 1. The third-order valence-electron chi connectivity index (χ3n) is 3.85. The molecule has 0 saturated heterocycles. The minimum atomic E-state index is -0.117. The summed E-state index contributed by atoms with van der Waals surface area (Å²) in [6.45, 7) is 0. The van der Waals surface area contributed by atoms with E-state index in [1.165, 1.54) is 11.3 Å². The molecule has 0 spiro atoms. The van der Waals surface area contributed by atoms with Gasteiger partial charge in [-0.15, -0.1) is 11.3 Å². The van der Waals surface area contributed by atoms with Crippen molar-refractivity contribution in [2.75, 3.05) is 5.32 Å². The first-order chi connectivity index (χ1) is 11.8. The molecule has 0 saturated carbocycles. The van der Waals surface area contributed by atoms with E-state index >= 15 is 0 Å². The first-order valence-electron chi connectivity index (χ1n) is 7.60. The number of benzene rings is 3. The largest absolute Gasteiger partial charge is 0.321 e. The fraction of sp³-hybridized carbons (Fsp3) is 0. The van der Waals surface area contributed by atoms with Crippen LogP contribution in [0.3, 0.4) is 0 Å². The van der Waals surface area contributed by atoms with Gasteiger partial charge in [0.2, 0.25) is 0 Å². The summed E-state index contributed by atoms with van der Waals surface area (Å²) >= 11 is 1.53. The van der Waals surface area contributed by atoms with Crippen LogP contribution in [-0.2, 0) is 0 Å². The highest BCUT2D eigenvalue weighted by molar-refractivity contribution is 7.16. The number of rotatable bonds is 3. The van der Waals surface area contributed by atoms with Gasteiger partial charge in [-0.1, -0.05) is 48.5 Å². The Kier molecular flexibility index (Phi) is 3.81. The second kappa shape index (κ2) is 6.26. The van der Waals surface area contributed by atoms with Crippen molar-refractivity contribution in [1.29, 1.82) is 0 Å². The molecule has 0 atom stereocenters. The maximum atomic E-state index is 12.6. The van der Waals surface area contributed by atoms with Crippen molar-refractivity contribution < 1.29 is 4.79 Å². The van der Waals surface area contributed by atoms with E-state index in [0.717, 1.165) is 27.0 Å². The molecule has 1 N–H and O–H groups in total. The number of fused-ring (bicyclic) bond motifs is 1. The summed E-state index contributed by atoms with van der Waals surface area (Å²) in [5.41, 5.74) is 6.22. The minimum absolute atomic E-state index is 0.117. The number of nitrogens with one attached hydrogen (secondary N) is 1. The quantitative estimate of drug-likeness (QED) is 0.560. The van der Waals surface area contributed by atoms with Crippen molar-refractivity contribution in [3.05, 3.63) is 83.9 Å². The lowest BCUT2D eigenvalue weighted by Crippen LogP contribution is -2.12. The molecule has 1 amide bonds. The third-order valence-corrected chi connectivity index (χ3v) is 4.65. The second-order valence-electron chi connectivity index (χ2n) is 5.40. The monoisotopic (exact) mass is 330 g/mol. The Morgan fingerprint density at radius 2 is 1.71 bits per heavy atom. The lowest BCUT2D eigenvalue weighted by atomic mass is 10.0. The van der Waals surface area contributed by atoms with Gasteiger partial charge in [0.05, 0.1) is 15.7 Å². The molecule has 0 radical (unpaired) electrons. The molecule has 4 heteroatoms. The highest BCUT2D eigenvalue weighted by Crippen LogP contribution is 2.28. The highest BCUT2D eigenvalue weighted by Gasteiger charge is 2.11. The summed E-state index contributed by atoms with van der Waals surface area (Å²) in [5, 5.41) is 3.03. The van der Waals surface area contributed by atoms with Crippen LogP contribution in [0.4, 0.5) is 5.69 Å². The van der Waals surface area contributed by atoms with E-state index in [-0.39, 0.29) is 5.91 Å². The Labute approximate surface area is 143 Å². The molecular weight excluding hydrogens is 316 g/mol. The smallest absolute Gasteiger partial charge is 0.255 e. The Balaban J connectivity index is 1.67. The Morgan fingerprint density at radius 3 is 2.58 bits per heavy atom. The van der Waals surface area contributed by atoms with E-state index in [1.807, 2.05) is 72.8 Å². The van der Waals surface area contributed by atoms with Crippen LogP contribution in [-0.4, -0.2) is 10.9 Å². The number of aromatic nitrogens is 1. The van der Waals surface area contributed by atoms with E-state index in [2.05, 4.69) is 10.3 Å². The summed E-state index contributed by atoms with van der Waals surface area (Å²) in [7, 11) is 0. The highest BCUT2D eigenvalue weighted by atomic mass is 32.1. The zero-order chi connectivity index (χ0) is 16.4. The van der Waals surface area contributed by atoms with E-state index in [9.17, 15) is 4.79 Å². The van der Waals surface area contributed by atoms with Gasteiger partial charge in [-0.3, -0.25) is 4.79 Å². The molecule has 1 aromatic heterocycles. The van der Waals surface area contributed by atoms with E-state index in [1.54, 1.807) is 5.51 Å². The van der Waals surface area contributed by atoms with Crippen LogP contribution < -0.4 is 5.32 Å². The van der Waals surface area contributed by atoms with Gasteiger partial charge in [0.15, 0.2) is 0 Å². The Hall–Kier alpha value is -2.98. The molecular formula is C20H14N2OS. The van der Waals surface area contributed by atoms with Gasteiger partial charge >= 0.3 is 0 Å². The number of hydrogen-bond acceptors (Lipinski definition) is 3. The molecule has 1 heterocycles. The number of thiazole rings is 1. The average molecular weight is 330 g/mol. The predicted octanol–water partition coefficient (Wildman–Crippen LogP) is 5.22. The molecule has 3 nitrogen and oxygen atoms in total. The van der Waals surface area contributed by atoms with Gasteiger partial charge in [0.1, 0.15) is 0 Å². The molecule has 116 valence electrons. The molecule has 0 unspecified atom stereocenters. The number of nitrogens with zero attached hydrogens (tertiary/aromatic N) is 1.